The van der Waals surface area contributed by atoms with Crippen LogP contribution in [0.3, 0.4) is 0 Å². The molecule has 1 aromatic heterocycles. The lowest BCUT2D eigenvalue weighted by Crippen LogP contribution is -2.44. The predicted octanol–water partition coefficient (Wildman–Crippen LogP) is 2.84. The lowest BCUT2D eigenvalue weighted by molar-refractivity contribution is 0.241. The van der Waals surface area contributed by atoms with Crippen LogP contribution >= 0.6 is 24.0 Å². The third-order valence-electron chi connectivity index (χ3n) is 3.40. The molecule has 0 radical (unpaired) electrons. The van der Waals surface area contributed by atoms with Gasteiger partial charge in [-0.25, -0.2) is 4.98 Å². The normalized spacial score (nSPS) is 13.0. The van der Waals surface area contributed by atoms with Crippen LogP contribution in [0.15, 0.2) is 15.6 Å². The van der Waals surface area contributed by atoms with Gasteiger partial charge < -0.3 is 20.0 Å². The highest BCUT2D eigenvalue weighted by Gasteiger charge is 2.20. The highest BCUT2D eigenvalue weighted by molar-refractivity contribution is 14.0. The zero-order chi connectivity index (χ0) is 17.7. The van der Waals surface area contributed by atoms with Crippen LogP contribution in [0.5, 0.6) is 0 Å². The molecule has 0 unspecified atom stereocenters. The highest BCUT2D eigenvalue weighted by Crippen LogP contribution is 2.22. The quantitative estimate of drug-likeness (QED) is 0.396. The summed E-state index contributed by atoms with van der Waals surface area (Å²) in [5.74, 6) is 2.32. The molecule has 0 amide bonds. The fourth-order valence-electron chi connectivity index (χ4n) is 2.35. The van der Waals surface area contributed by atoms with Gasteiger partial charge in [0.1, 0.15) is 5.76 Å². The van der Waals surface area contributed by atoms with Crippen molar-refractivity contribution in [2.75, 3.05) is 34.2 Å². The topological polar surface area (TPSA) is 65.7 Å². The van der Waals surface area contributed by atoms with Crippen molar-refractivity contribution in [2.24, 2.45) is 10.4 Å². The first-order chi connectivity index (χ1) is 10.5. The summed E-state index contributed by atoms with van der Waals surface area (Å²) in [5, 5.41) is 6.61. The summed E-state index contributed by atoms with van der Waals surface area (Å²) >= 11 is 0. The van der Waals surface area contributed by atoms with Crippen molar-refractivity contribution in [1.29, 1.82) is 0 Å². The molecule has 0 aliphatic rings. The fourth-order valence-corrected chi connectivity index (χ4v) is 2.35. The molecule has 0 spiro atoms. The third-order valence-corrected chi connectivity index (χ3v) is 3.40. The standard InChI is InChI=1S/C17H33N5O.HI/c1-16(2,3)13-9-19-14(23-13)10-20-15(18-6)21-11-17(4,5)12-22(7)8;/h9H,10-12H2,1-8H3,(H2,18,20,21);1H. The van der Waals surface area contributed by atoms with E-state index in [1.54, 1.807) is 13.2 Å². The second-order valence-electron chi connectivity index (χ2n) is 8.05. The number of nitrogens with zero attached hydrogens (tertiary/aromatic N) is 3. The van der Waals surface area contributed by atoms with E-state index in [0.717, 1.165) is 24.8 Å². The monoisotopic (exact) mass is 451 g/mol. The third kappa shape index (κ3) is 8.32. The molecule has 0 aliphatic carbocycles. The van der Waals surface area contributed by atoms with E-state index >= 15 is 0 Å². The van der Waals surface area contributed by atoms with Gasteiger partial charge in [0.25, 0.3) is 0 Å². The molecule has 0 aliphatic heterocycles. The van der Waals surface area contributed by atoms with E-state index in [2.05, 4.69) is 74.2 Å². The Morgan fingerprint density at radius 3 is 2.29 bits per heavy atom. The van der Waals surface area contributed by atoms with Gasteiger partial charge in [-0.1, -0.05) is 34.6 Å². The van der Waals surface area contributed by atoms with E-state index < -0.39 is 0 Å². The predicted molar refractivity (Wildman–Crippen MR) is 111 cm³/mol. The molecule has 1 heterocycles. The lowest BCUT2D eigenvalue weighted by Gasteiger charge is -2.29. The molecule has 7 heteroatoms. The van der Waals surface area contributed by atoms with Crippen molar-refractivity contribution >= 4 is 29.9 Å². The van der Waals surface area contributed by atoms with Crippen LogP contribution < -0.4 is 10.6 Å². The molecule has 1 aromatic rings. The largest absolute Gasteiger partial charge is 0.443 e. The number of aromatic nitrogens is 1. The van der Waals surface area contributed by atoms with E-state index in [-0.39, 0.29) is 34.8 Å². The van der Waals surface area contributed by atoms with Crippen LogP contribution in [0, 0.1) is 5.41 Å². The van der Waals surface area contributed by atoms with E-state index in [1.165, 1.54) is 0 Å². The van der Waals surface area contributed by atoms with Gasteiger partial charge in [-0.05, 0) is 19.5 Å². The average Bonchev–Trinajstić information content (AvgIpc) is 2.86. The highest BCUT2D eigenvalue weighted by atomic mass is 127. The van der Waals surface area contributed by atoms with Gasteiger partial charge in [0.05, 0.1) is 12.7 Å². The number of oxazole rings is 1. The molecule has 1 rings (SSSR count). The van der Waals surface area contributed by atoms with Crippen LogP contribution in [-0.2, 0) is 12.0 Å². The van der Waals surface area contributed by atoms with Gasteiger partial charge in [-0.15, -0.1) is 24.0 Å². The second-order valence-corrected chi connectivity index (χ2v) is 8.05. The van der Waals surface area contributed by atoms with Gasteiger partial charge >= 0.3 is 0 Å². The summed E-state index contributed by atoms with van der Waals surface area (Å²) in [4.78, 5) is 10.8. The molecule has 0 bridgehead atoms. The first kappa shape index (κ1) is 23.2. The summed E-state index contributed by atoms with van der Waals surface area (Å²) in [5.41, 5.74) is 0.130. The summed E-state index contributed by atoms with van der Waals surface area (Å²) < 4.78 is 5.78. The molecule has 0 saturated heterocycles. The minimum Gasteiger partial charge on any atom is -0.443 e. The summed E-state index contributed by atoms with van der Waals surface area (Å²) in [6.45, 7) is 13.2. The zero-order valence-electron chi connectivity index (χ0n) is 16.4. The van der Waals surface area contributed by atoms with Gasteiger partial charge in [0, 0.05) is 25.6 Å². The smallest absolute Gasteiger partial charge is 0.213 e. The minimum absolute atomic E-state index is 0. The van der Waals surface area contributed by atoms with Crippen LogP contribution in [-0.4, -0.2) is 50.1 Å². The number of rotatable bonds is 6. The Morgan fingerprint density at radius 2 is 1.83 bits per heavy atom. The van der Waals surface area contributed by atoms with Gasteiger partial charge in [-0.2, -0.15) is 0 Å². The van der Waals surface area contributed by atoms with Crippen molar-refractivity contribution < 1.29 is 4.42 Å². The first-order valence-electron chi connectivity index (χ1n) is 8.08. The molecule has 0 aromatic carbocycles. The molecule has 24 heavy (non-hydrogen) atoms. The van der Waals surface area contributed by atoms with E-state index in [9.17, 15) is 0 Å². The van der Waals surface area contributed by atoms with Crippen LogP contribution in [0.1, 0.15) is 46.3 Å². The van der Waals surface area contributed by atoms with Crippen molar-refractivity contribution in [1.82, 2.24) is 20.5 Å². The van der Waals surface area contributed by atoms with Crippen LogP contribution in [0.2, 0.25) is 0 Å². The maximum Gasteiger partial charge on any atom is 0.213 e. The minimum atomic E-state index is -0.0264. The molecular weight excluding hydrogens is 417 g/mol. The first-order valence-corrected chi connectivity index (χ1v) is 8.08. The summed E-state index contributed by atoms with van der Waals surface area (Å²) in [6, 6.07) is 0. The van der Waals surface area contributed by atoms with E-state index in [0.29, 0.717) is 12.4 Å². The Labute approximate surface area is 163 Å². The van der Waals surface area contributed by atoms with Crippen molar-refractivity contribution in [3.63, 3.8) is 0 Å². The van der Waals surface area contributed by atoms with Gasteiger partial charge in [0.15, 0.2) is 5.96 Å². The maximum atomic E-state index is 5.78. The van der Waals surface area contributed by atoms with Crippen LogP contribution in [0.4, 0.5) is 0 Å². The Morgan fingerprint density at radius 1 is 1.21 bits per heavy atom. The summed E-state index contributed by atoms with van der Waals surface area (Å²) in [6.07, 6.45) is 1.80. The molecule has 0 fully saturated rings. The molecule has 140 valence electrons. The molecule has 2 N–H and O–H groups in total. The maximum absolute atomic E-state index is 5.78. The molecule has 0 saturated carbocycles. The number of hydrogen-bond donors (Lipinski definition) is 2. The zero-order valence-corrected chi connectivity index (χ0v) is 18.7. The average molecular weight is 451 g/mol. The Kier molecular flexibility index (Phi) is 9.27. The molecule has 6 nitrogen and oxygen atoms in total. The number of halogens is 1. The molecule has 0 atom stereocenters. The van der Waals surface area contributed by atoms with Gasteiger partial charge in [-0.3, -0.25) is 4.99 Å². The Bertz CT molecular complexity index is 517. The lowest BCUT2D eigenvalue weighted by atomic mass is 9.93. The number of aliphatic imine (C=N–C) groups is 1. The Hall–Kier alpha value is -0.830. The molecular formula is C17H34IN5O. The van der Waals surface area contributed by atoms with Crippen molar-refractivity contribution in [2.45, 2.75) is 46.6 Å². The van der Waals surface area contributed by atoms with Crippen molar-refractivity contribution in [3.05, 3.63) is 17.8 Å². The van der Waals surface area contributed by atoms with Crippen molar-refractivity contribution in [3.8, 4) is 0 Å². The van der Waals surface area contributed by atoms with Gasteiger partial charge in [0.2, 0.25) is 5.89 Å². The Balaban J connectivity index is 0.00000529. The number of hydrogen-bond acceptors (Lipinski definition) is 4. The SMILES string of the molecule is CN=C(NCc1ncc(C(C)(C)C)o1)NCC(C)(C)CN(C)C.I. The summed E-state index contributed by atoms with van der Waals surface area (Å²) in [7, 11) is 5.94. The van der Waals surface area contributed by atoms with E-state index in [4.69, 9.17) is 4.42 Å². The van der Waals surface area contributed by atoms with E-state index in [1.807, 2.05) is 0 Å². The number of guanidine groups is 1. The number of nitrogens with one attached hydrogen (secondary N) is 2. The second kappa shape index (κ2) is 9.60. The fraction of sp³-hybridized carbons (Fsp3) is 0.765. The van der Waals surface area contributed by atoms with Crippen LogP contribution in [0.25, 0.3) is 0 Å².